The molecule has 2 aromatic rings. The molecule has 0 saturated heterocycles. The average Bonchev–Trinajstić information content (AvgIpc) is 2.47. The molecule has 14 heavy (non-hydrogen) atoms. The lowest BCUT2D eigenvalue weighted by molar-refractivity contribution is 0.471. The van der Waals surface area contributed by atoms with Crippen LogP contribution in [0.2, 0.25) is 0 Å². The molecule has 0 fully saturated rings. The van der Waals surface area contributed by atoms with Crippen LogP contribution in [0.15, 0.2) is 18.3 Å². The first kappa shape index (κ1) is 8.99. The quantitative estimate of drug-likeness (QED) is 0.785. The molecule has 0 radical (unpaired) electrons. The van der Waals surface area contributed by atoms with Gasteiger partial charge >= 0.3 is 0 Å². The third kappa shape index (κ3) is 1.55. The summed E-state index contributed by atoms with van der Waals surface area (Å²) in [6, 6.07) is 3.37. The normalized spacial score (nSPS) is 11.4. The highest BCUT2D eigenvalue weighted by molar-refractivity contribution is 5.40. The van der Waals surface area contributed by atoms with Crippen molar-refractivity contribution in [2.24, 2.45) is 5.92 Å². The van der Waals surface area contributed by atoms with Crippen LogP contribution in [-0.2, 0) is 6.42 Å². The van der Waals surface area contributed by atoms with E-state index in [0.29, 0.717) is 5.92 Å². The molecule has 0 unspecified atom stereocenters. The lowest BCUT2D eigenvalue weighted by Crippen LogP contribution is -2.00. The van der Waals surface area contributed by atoms with Gasteiger partial charge in [0.05, 0.1) is 6.20 Å². The number of fused-ring (bicyclic) bond motifs is 1. The van der Waals surface area contributed by atoms with Gasteiger partial charge in [0.15, 0.2) is 5.65 Å². The Balaban J connectivity index is 2.50. The first-order chi connectivity index (χ1) is 6.66. The van der Waals surface area contributed by atoms with Gasteiger partial charge in [0.2, 0.25) is 0 Å². The summed E-state index contributed by atoms with van der Waals surface area (Å²) < 4.78 is 1.83. The van der Waals surface area contributed by atoms with E-state index < -0.39 is 0 Å². The van der Waals surface area contributed by atoms with Crippen molar-refractivity contribution in [2.45, 2.75) is 20.3 Å². The van der Waals surface area contributed by atoms with Gasteiger partial charge in [0, 0.05) is 6.42 Å². The largest absolute Gasteiger partial charge is 0.506 e. The Kier molecular flexibility index (Phi) is 2.11. The molecule has 0 bridgehead atoms. The fraction of sp³-hybridized carbons (Fsp3) is 0.400. The maximum Gasteiger partial charge on any atom is 0.161 e. The second-order valence-electron chi connectivity index (χ2n) is 3.83. The van der Waals surface area contributed by atoms with Crippen molar-refractivity contribution in [3.63, 3.8) is 0 Å². The summed E-state index contributed by atoms with van der Waals surface area (Å²) in [5.74, 6) is 1.66. The molecule has 0 amide bonds. The highest BCUT2D eigenvalue weighted by Gasteiger charge is 2.07. The molecular weight excluding hydrogens is 178 g/mol. The van der Waals surface area contributed by atoms with Gasteiger partial charge in [-0.2, -0.15) is 0 Å². The van der Waals surface area contributed by atoms with E-state index in [2.05, 4.69) is 24.0 Å². The van der Waals surface area contributed by atoms with Crippen molar-refractivity contribution >= 4 is 5.65 Å². The summed E-state index contributed by atoms with van der Waals surface area (Å²) in [7, 11) is 0. The Morgan fingerprint density at radius 3 is 2.86 bits per heavy atom. The Labute approximate surface area is 82.2 Å². The predicted molar refractivity (Wildman–Crippen MR) is 53.2 cm³/mol. The van der Waals surface area contributed by atoms with Crippen molar-refractivity contribution in [1.82, 2.24) is 14.6 Å². The fourth-order valence-electron chi connectivity index (χ4n) is 1.43. The van der Waals surface area contributed by atoms with Gasteiger partial charge in [-0.15, -0.1) is 10.2 Å². The molecule has 4 heteroatoms. The summed E-state index contributed by atoms with van der Waals surface area (Å²) in [6.45, 7) is 4.26. The molecule has 0 aliphatic carbocycles. The highest BCUT2D eigenvalue weighted by atomic mass is 16.3. The summed E-state index contributed by atoms with van der Waals surface area (Å²) in [4.78, 5) is 0. The van der Waals surface area contributed by atoms with E-state index in [9.17, 15) is 5.11 Å². The van der Waals surface area contributed by atoms with Crippen LogP contribution in [0.1, 0.15) is 19.7 Å². The third-order valence-corrected chi connectivity index (χ3v) is 2.05. The molecule has 4 nitrogen and oxygen atoms in total. The SMILES string of the molecule is CC(C)Cc1nnc2ccc(O)cn12. The van der Waals surface area contributed by atoms with Crippen LogP contribution in [-0.4, -0.2) is 19.7 Å². The van der Waals surface area contributed by atoms with Crippen molar-refractivity contribution in [3.8, 4) is 5.75 Å². The van der Waals surface area contributed by atoms with E-state index in [1.54, 1.807) is 18.3 Å². The van der Waals surface area contributed by atoms with Gasteiger partial charge in [-0.05, 0) is 18.1 Å². The molecule has 0 aliphatic rings. The van der Waals surface area contributed by atoms with Crippen LogP contribution in [0.3, 0.4) is 0 Å². The molecule has 0 spiro atoms. The standard InChI is InChI=1S/C10H13N3O/c1-7(2)5-10-12-11-9-4-3-8(14)6-13(9)10/h3-4,6-7,14H,5H2,1-2H3. The number of hydrogen-bond acceptors (Lipinski definition) is 3. The molecule has 2 rings (SSSR count). The van der Waals surface area contributed by atoms with Crippen LogP contribution in [0.5, 0.6) is 5.75 Å². The predicted octanol–water partition coefficient (Wildman–Crippen LogP) is 1.63. The van der Waals surface area contributed by atoms with E-state index in [1.807, 2.05) is 4.40 Å². The van der Waals surface area contributed by atoms with Gasteiger partial charge in [0.25, 0.3) is 0 Å². The smallest absolute Gasteiger partial charge is 0.161 e. The fourth-order valence-corrected chi connectivity index (χ4v) is 1.43. The van der Waals surface area contributed by atoms with Crippen LogP contribution in [0, 0.1) is 5.92 Å². The minimum atomic E-state index is 0.238. The van der Waals surface area contributed by atoms with Crippen LogP contribution < -0.4 is 0 Å². The minimum Gasteiger partial charge on any atom is -0.506 e. The van der Waals surface area contributed by atoms with Gasteiger partial charge in [-0.25, -0.2) is 0 Å². The Morgan fingerprint density at radius 1 is 1.36 bits per heavy atom. The Morgan fingerprint density at radius 2 is 2.14 bits per heavy atom. The molecule has 2 heterocycles. The first-order valence-corrected chi connectivity index (χ1v) is 4.69. The van der Waals surface area contributed by atoms with E-state index in [4.69, 9.17) is 0 Å². The van der Waals surface area contributed by atoms with Crippen molar-refractivity contribution in [1.29, 1.82) is 0 Å². The number of rotatable bonds is 2. The average molecular weight is 191 g/mol. The number of aromatic hydroxyl groups is 1. The lowest BCUT2D eigenvalue weighted by Gasteiger charge is -2.02. The van der Waals surface area contributed by atoms with Crippen molar-refractivity contribution < 1.29 is 5.11 Å². The maximum atomic E-state index is 9.33. The zero-order valence-electron chi connectivity index (χ0n) is 8.31. The van der Waals surface area contributed by atoms with Gasteiger partial charge in [0.1, 0.15) is 11.6 Å². The second-order valence-corrected chi connectivity index (χ2v) is 3.83. The summed E-state index contributed by atoms with van der Waals surface area (Å²) in [5.41, 5.74) is 0.776. The molecule has 0 aromatic carbocycles. The molecule has 0 saturated carbocycles. The maximum absolute atomic E-state index is 9.33. The lowest BCUT2D eigenvalue weighted by atomic mass is 10.1. The summed E-state index contributed by atoms with van der Waals surface area (Å²) >= 11 is 0. The van der Waals surface area contributed by atoms with Crippen LogP contribution in [0.4, 0.5) is 0 Å². The van der Waals surface area contributed by atoms with Crippen molar-refractivity contribution in [2.75, 3.05) is 0 Å². The van der Waals surface area contributed by atoms with Gasteiger partial charge in [-0.1, -0.05) is 13.8 Å². The molecular formula is C10H13N3O. The summed E-state index contributed by atoms with van der Waals surface area (Å²) in [6.07, 6.45) is 2.51. The van der Waals surface area contributed by atoms with E-state index in [1.165, 1.54) is 0 Å². The van der Waals surface area contributed by atoms with Crippen LogP contribution in [0.25, 0.3) is 5.65 Å². The third-order valence-electron chi connectivity index (χ3n) is 2.05. The zero-order chi connectivity index (χ0) is 10.1. The van der Waals surface area contributed by atoms with Crippen molar-refractivity contribution in [3.05, 3.63) is 24.2 Å². The number of aromatic nitrogens is 3. The van der Waals surface area contributed by atoms with E-state index in [0.717, 1.165) is 17.9 Å². The highest BCUT2D eigenvalue weighted by Crippen LogP contribution is 2.13. The molecule has 0 atom stereocenters. The number of pyridine rings is 1. The monoisotopic (exact) mass is 191 g/mol. The molecule has 0 aliphatic heterocycles. The van der Waals surface area contributed by atoms with Crippen LogP contribution >= 0.6 is 0 Å². The zero-order valence-corrected chi connectivity index (χ0v) is 8.31. The second kappa shape index (κ2) is 3.29. The first-order valence-electron chi connectivity index (χ1n) is 4.69. The van der Waals surface area contributed by atoms with E-state index >= 15 is 0 Å². The topological polar surface area (TPSA) is 50.4 Å². The van der Waals surface area contributed by atoms with Gasteiger partial charge < -0.3 is 5.11 Å². The molecule has 2 aromatic heterocycles. The summed E-state index contributed by atoms with van der Waals surface area (Å²) in [5, 5.41) is 17.4. The number of nitrogens with zero attached hydrogens (tertiary/aromatic N) is 3. The Bertz CT molecular complexity index is 448. The Hall–Kier alpha value is -1.58. The molecule has 74 valence electrons. The van der Waals surface area contributed by atoms with E-state index in [-0.39, 0.29) is 5.75 Å². The molecule has 1 N–H and O–H groups in total. The number of hydrogen-bond donors (Lipinski definition) is 1. The minimum absolute atomic E-state index is 0.238. The van der Waals surface area contributed by atoms with Gasteiger partial charge in [-0.3, -0.25) is 4.40 Å².